The molecule has 4 rings (SSSR count). The van der Waals surface area contributed by atoms with Gasteiger partial charge in [0, 0.05) is 21.6 Å². The van der Waals surface area contributed by atoms with Gasteiger partial charge in [-0.1, -0.05) is 19.3 Å². The van der Waals surface area contributed by atoms with E-state index >= 15 is 0 Å². The molecule has 2 heterocycles. The maximum atomic E-state index is 12.8. The first-order chi connectivity index (χ1) is 14.0. The lowest BCUT2D eigenvalue weighted by atomic mass is 9.82. The smallest absolute Gasteiger partial charge is 0.322 e. The molecular weight excluding hydrogens is 408 g/mol. The van der Waals surface area contributed by atoms with Crippen molar-refractivity contribution < 1.29 is 14.4 Å². The number of nitrogens with one attached hydrogen (secondary N) is 2. The lowest BCUT2D eigenvalue weighted by molar-refractivity contribution is -0.134. The lowest BCUT2D eigenvalue weighted by Gasteiger charge is -2.30. The Kier molecular flexibility index (Phi) is 5.60. The molecule has 1 aromatic carbocycles. The van der Waals surface area contributed by atoms with Gasteiger partial charge in [0.25, 0.3) is 11.8 Å². The van der Waals surface area contributed by atoms with Gasteiger partial charge in [-0.3, -0.25) is 15.0 Å². The van der Waals surface area contributed by atoms with Crippen molar-refractivity contribution in [1.82, 2.24) is 20.7 Å². The third-order valence-corrected chi connectivity index (χ3v) is 7.12. The minimum absolute atomic E-state index is 0.360. The molecule has 7 nitrogen and oxygen atoms in total. The van der Waals surface area contributed by atoms with Crippen LogP contribution in [-0.2, 0) is 10.5 Å². The van der Waals surface area contributed by atoms with Crippen molar-refractivity contribution in [3.8, 4) is 0 Å². The highest BCUT2D eigenvalue weighted by Crippen LogP contribution is 2.33. The van der Waals surface area contributed by atoms with Crippen LogP contribution in [0.25, 0.3) is 0 Å². The van der Waals surface area contributed by atoms with Crippen LogP contribution in [0, 0.1) is 6.92 Å². The minimum atomic E-state index is -0.850. The number of hydrogen-bond donors (Lipinski definition) is 2. The largest absolute Gasteiger partial charge is 0.344 e. The highest BCUT2D eigenvalue weighted by Gasteiger charge is 2.52. The number of rotatable bonds is 5. The minimum Gasteiger partial charge on any atom is -0.322 e. The number of nitrogens with zero attached hydrogens (tertiary/aromatic N) is 2. The molecule has 2 fully saturated rings. The van der Waals surface area contributed by atoms with Gasteiger partial charge < -0.3 is 5.32 Å². The Balaban J connectivity index is 1.37. The van der Waals surface area contributed by atoms with Crippen LogP contribution in [0.3, 0.4) is 0 Å². The summed E-state index contributed by atoms with van der Waals surface area (Å²) in [4.78, 5) is 43.0. The van der Waals surface area contributed by atoms with Crippen LogP contribution < -0.4 is 10.7 Å². The first kappa shape index (κ1) is 19.9. The number of imide groups is 1. The van der Waals surface area contributed by atoms with Crippen LogP contribution in [0.15, 0.2) is 34.5 Å². The summed E-state index contributed by atoms with van der Waals surface area (Å²) in [6.45, 7) is 1.98. The molecule has 1 aliphatic heterocycles. The Morgan fingerprint density at radius 2 is 1.97 bits per heavy atom. The van der Waals surface area contributed by atoms with E-state index in [2.05, 4.69) is 15.7 Å². The molecule has 152 valence electrons. The zero-order chi connectivity index (χ0) is 20.4. The van der Waals surface area contributed by atoms with Gasteiger partial charge in [0.2, 0.25) is 0 Å². The van der Waals surface area contributed by atoms with Crippen LogP contribution in [0.4, 0.5) is 4.79 Å². The number of amides is 4. The van der Waals surface area contributed by atoms with Gasteiger partial charge in [-0.05, 0) is 44.0 Å². The van der Waals surface area contributed by atoms with Crippen LogP contribution in [0.2, 0.25) is 0 Å². The summed E-state index contributed by atoms with van der Waals surface area (Å²) in [5.74, 6) is -0.0743. The zero-order valence-corrected chi connectivity index (χ0v) is 17.7. The molecule has 2 N–H and O–H groups in total. The standard InChI is InChI=1S/C20H22N4O3S2/c1-13-21-15(11-28-13)12-29-16-7-5-14(6-8-16)17(25)23-24-18(26)20(22-19(24)27)9-3-2-4-10-20/h5-8,11H,2-4,9-10,12H2,1H3,(H,22,27)(H,23,25). The summed E-state index contributed by atoms with van der Waals surface area (Å²) in [6, 6.07) is 6.54. The number of hydrogen-bond acceptors (Lipinski definition) is 6. The quantitative estimate of drug-likeness (QED) is 0.558. The first-order valence-corrected chi connectivity index (χ1v) is 11.4. The normalized spacial score (nSPS) is 18.2. The maximum absolute atomic E-state index is 12.8. The van der Waals surface area contributed by atoms with E-state index in [1.807, 2.05) is 24.4 Å². The molecule has 9 heteroatoms. The van der Waals surface area contributed by atoms with Crippen molar-refractivity contribution in [2.45, 2.75) is 55.2 Å². The number of hydrazine groups is 1. The molecule has 0 radical (unpaired) electrons. The monoisotopic (exact) mass is 430 g/mol. The predicted molar refractivity (Wildman–Crippen MR) is 112 cm³/mol. The molecule has 1 spiro atoms. The van der Waals surface area contributed by atoms with E-state index in [0.717, 1.165) is 45.6 Å². The molecular formula is C20H22N4O3S2. The maximum Gasteiger partial charge on any atom is 0.344 e. The summed E-state index contributed by atoms with van der Waals surface area (Å²) < 4.78 is 0. The van der Waals surface area contributed by atoms with Gasteiger partial charge >= 0.3 is 6.03 Å². The molecule has 0 atom stereocenters. The van der Waals surface area contributed by atoms with Crippen molar-refractivity contribution in [3.63, 3.8) is 0 Å². The molecule has 1 aromatic heterocycles. The van der Waals surface area contributed by atoms with E-state index < -0.39 is 17.5 Å². The summed E-state index contributed by atoms with van der Waals surface area (Å²) in [7, 11) is 0. The Morgan fingerprint density at radius 3 is 2.62 bits per heavy atom. The molecule has 0 bridgehead atoms. The molecule has 4 amide bonds. The van der Waals surface area contributed by atoms with Crippen LogP contribution in [-0.4, -0.2) is 33.4 Å². The predicted octanol–water partition coefficient (Wildman–Crippen LogP) is 3.64. The van der Waals surface area contributed by atoms with E-state index in [9.17, 15) is 14.4 Å². The van der Waals surface area contributed by atoms with E-state index in [0.29, 0.717) is 18.4 Å². The van der Waals surface area contributed by atoms with E-state index in [1.165, 1.54) is 0 Å². The van der Waals surface area contributed by atoms with Crippen molar-refractivity contribution in [2.75, 3.05) is 0 Å². The summed E-state index contributed by atoms with van der Waals surface area (Å²) in [5.41, 5.74) is 3.04. The van der Waals surface area contributed by atoms with Crippen molar-refractivity contribution in [1.29, 1.82) is 0 Å². The molecule has 1 saturated carbocycles. The SMILES string of the molecule is Cc1nc(CSc2ccc(C(=O)NN3C(=O)NC4(CCCCC4)C3=O)cc2)cs1. The van der Waals surface area contributed by atoms with E-state index in [1.54, 1.807) is 35.2 Å². The Morgan fingerprint density at radius 1 is 1.24 bits per heavy atom. The zero-order valence-electron chi connectivity index (χ0n) is 16.1. The van der Waals surface area contributed by atoms with Gasteiger partial charge in [0.1, 0.15) is 5.54 Å². The Hall–Kier alpha value is -2.39. The van der Waals surface area contributed by atoms with Crippen molar-refractivity contribution >= 4 is 40.9 Å². The highest BCUT2D eigenvalue weighted by atomic mass is 32.2. The fourth-order valence-electron chi connectivity index (χ4n) is 3.72. The third kappa shape index (κ3) is 4.16. The number of carbonyl (C=O) groups is 3. The third-order valence-electron chi connectivity index (χ3n) is 5.25. The molecule has 2 aliphatic rings. The lowest BCUT2D eigenvalue weighted by Crippen LogP contribution is -2.50. The Bertz CT molecular complexity index is 935. The highest BCUT2D eigenvalue weighted by molar-refractivity contribution is 7.98. The number of aryl methyl sites for hydroxylation is 1. The second-order valence-electron chi connectivity index (χ2n) is 7.33. The fourth-order valence-corrected chi connectivity index (χ4v) is 5.23. The number of urea groups is 1. The molecule has 2 aromatic rings. The molecule has 1 saturated heterocycles. The fraction of sp³-hybridized carbons (Fsp3) is 0.400. The molecule has 1 aliphatic carbocycles. The number of carbonyl (C=O) groups excluding carboxylic acids is 3. The Labute approximate surface area is 177 Å². The van der Waals surface area contributed by atoms with E-state index in [4.69, 9.17) is 0 Å². The summed E-state index contributed by atoms with van der Waals surface area (Å²) in [5, 5.41) is 6.71. The van der Waals surface area contributed by atoms with Crippen LogP contribution in [0.5, 0.6) is 0 Å². The summed E-state index contributed by atoms with van der Waals surface area (Å²) >= 11 is 3.27. The number of aromatic nitrogens is 1. The van der Waals surface area contributed by atoms with Gasteiger partial charge in [-0.25, -0.2) is 9.78 Å². The second-order valence-corrected chi connectivity index (χ2v) is 9.44. The van der Waals surface area contributed by atoms with Gasteiger partial charge in [0.15, 0.2) is 0 Å². The number of thioether (sulfide) groups is 1. The van der Waals surface area contributed by atoms with Crippen LogP contribution in [0.1, 0.15) is 53.2 Å². The second kappa shape index (κ2) is 8.16. The summed E-state index contributed by atoms with van der Waals surface area (Å²) in [6.07, 6.45) is 4.09. The van der Waals surface area contributed by atoms with Crippen LogP contribution >= 0.6 is 23.1 Å². The van der Waals surface area contributed by atoms with Gasteiger partial charge in [-0.2, -0.15) is 5.01 Å². The van der Waals surface area contributed by atoms with Crippen molar-refractivity contribution in [3.05, 3.63) is 45.9 Å². The number of thiazole rings is 1. The average Bonchev–Trinajstić information content (AvgIpc) is 3.24. The molecule has 0 unspecified atom stereocenters. The van der Waals surface area contributed by atoms with Gasteiger partial charge in [0.05, 0.1) is 10.7 Å². The van der Waals surface area contributed by atoms with Gasteiger partial charge in [-0.15, -0.1) is 23.1 Å². The first-order valence-electron chi connectivity index (χ1n) is 9.58. The number of benzene rings is 1. The van der Waals surface area contributed by atoms with Crippen molar-refractivity contribution in [2.24, 2.45) is 0 Å². The average molecular weight is 431 g/mol. The molecule has 29 heavy (non-hydrogen) atoms. The van der Waals surface area contributed by atoms with E-state index in [-0.39, 0.29) is 5.91 Å². The topological polar surface area (TPSA) is 91.4 Å².